The number of hydrogen-bond donors (Lipinski definition) is 3. The molecule has 3 rings (SSSR count). The zero-order valence-electron chi connectivity index (χ0n) is 11.7. The van der Waals surface area contributed by atoms with Gasteiger partial charge >= 0.3 is 12.0 Å². The number of nitrogens with zero attached hydrogens (tertiary/aromatic N) is 1. The number of carbonyl (C=O) groups excluding carboxylic acids is 1. The highest BCUT2D eigenvalue weighted by Crippen LogP contribution is 2.28. The van der Waals surface area contributed by atoms with Crippen LogP contribution < -0.4 is 10.6 Å². The monoisotopic (exact) mass is 281 g/mol. The molecule has 2 saturated heterocycles. The van der Waals surface area contributed by atoms with Gasteiger partial charge in [-0.3, -0.25) is 9.69 Å². The standard InChI is InChI=1S/C14H23N3O3/c18-13(19)9-3-1-4-10(9)15-14(20)16-11-6-8-17-7-2-5-12(11)17/h9-12H,1-8H2,(H,18,19)(H2,15,16,20). The third-order valence-corrected chi connectivity index (χ3v) is 5.07. The number of fused-ring (bicyclic) bond motifs is 1. The average Bonchev–Trinajstić information content (AvgIpc) is 3.06. The minimum atomic E-state index is -0.796. The van der Waals surface area contributed by atoms with Crippen LogP contribution in [-0.4, -0.2) is 53.2 Å². The van der Waals surface area contributed by atoms with Crippen LogP contribution in [0.5, 0.6) is 0 Å². The van der Waals surface area contributed by atoms with Crippen LogP contribution in [0.3, 0.4) is 0 Å². The first kappa shape index (κ1) is 13.7. The molecule has 4 unspecified atom stereocenters. The van der Waals surface area contributed by atoms with Gasteiger partial charge in [0.25, 0.3) is 0 Å². The molecule has 1 saturated carbocycles. The Bertz CT molecular complexity index is 401. The molecule has 3 fully saturated rings. The molecule has 112 valence electrons. The first-order chi connectivity index (χ1) is 9.65. The number of amides is 2. The Kier molecular flexibility index (Phi) is 3.83. The van der Waals surface area contributed by atoms with Crippen LogP contribution in [0.4, 0.5) is 4.79 Å². The molecule has 3 aliphatic rings. The molecule has 6 nitrogen and oxygen atoms in total. The molecule has 0 aromatic heterocycles. The molecule has 2 heterocycles. The van der Waals surface area contributed by atoms with Gasteiger partial charge in [0.2, 0.25) is 0 Å². The van der Waals surface area contributed by atoms with Crippen LogP contribution in [0.2, 0.25) is 0 Å². The number of carboxylic acids is 1. The third kappa shape index (κ3) is 2.61. The van der Waals surface area contributed by atoms with Crippen molar-refractivity contribution in [2.45, 2.75) is 56.7 Å². The van der Waals surface area contributed by atoms with E-state index in [1.54, 1.807) is 0 Å². The van der Waals surface area contributed by atoms with Crippen LogP contribution in [0, 0.1) is 5.92 Å². The van der Waals surface area contributed by atoms with Crippen molar-refractivity contribution < 1.29 is 14.7 Å². The Morgan fingerprint density at radius 1 is 0.950 bits per heavy atom. The van der Waals surface area contributed by atoms with Crippen LogP contribution in [0.25, 0.3) is 0 Å². The lowest BCUT2D eigenvalue weighted by molar-refractivity contribution is -0.142. The summed E-state index contributed by atoms with van der Waals surface area (Å²) in [4.78, 5) is 25.6. The van der Waals surface area contributed by atoms with Crippen molar-refractivity contribution in [2.24, 2.45) is 5.92 Å². The lowest BCUT2D eigenvalue weighted by Gasteiger charge is -2.23. The summed E-state index contributed by atoms with van der Waals surface area (Å²) in [5, 5.41) is 15.0. The van der Waals surface area contributed by atoms with Crippen molar-refractivity contribution in [1.82, 2.24) is 15.5 Å². The van der Waals surface area contributed by atoms with Crippen molar-refractivity contribution in [1.29, 1.82) is 0 Å². The summed E-state index contributed by atoms with van der Waals surface area (Å²) in [5.74, 6) is -1.22. The van der Waals surface area contributed by atoms with Gasteiger partial charge in [0.05, 0.1) is 5.92 Å². The maximum Gasteiger partial charge on any atom is 0.315 e. The van der Waals surface area contributed by atoms with E-state index < -0.39 is 11.9 Å². The Morgan fingerprint density at radius 3 is 2.55 bits per heavy atom. The highest BCUT2D eigenvalue weighted by molar-refractivity contribution is 5.77. The molecular formula is C14H23N3O3. The number of aliphatic carboxylic acids is 1. The highest BCUT2D eigenvalue weighted by atomic mass is 16.4. The lowest BCUT2D eigenvalue weighted by atomic mass is 10.0. The summed E-state index contributed by atoms with van der Waals surface area (Å²) >= 11 is 0. The summed E-state index contributed by atoms with van der Waals surface area (Å²) in [6.45, 7) is 2.21. The number of hydrogen-bond acceptors (Lipinski definition) is 3. The summed E-state index contributed by atoms with van der Waals surface area (Å²) in [7, 11) is 0. The first-order valence-electron chi connectivity index (χ1n) is 7.69. The van der Waals surface area contributed by atoms with Gasteiger partial charge in [-0.1, -0.05) is 6.42 Å². The molecule has 1 aliphatic carbocycles. The molecule has 6 heteroatoms. The fraction of sp³-hybridized carbons (Fsp3) is 0.857. The van der Waals surface area contributed by atoms with Crippen molar-refractivity contribution in [3.8, 4) is 0 Å². The molecule has 4 atom stereocenters. The summed E-state index contributed by atoms with van der Waals surface area (Å²) < 4.78 is 0. The van der Waals surface area contributed by atoms with Gasteiger partial charge in [-0.05, 0) is 38.6 Å². The molecule has 0 spiro atoms. The van der Waals surface area contributed by atoms with Crippen molar-refractivity contribution in [3.63, 3.8) is 0 Å². The second-order valence-corrected chi connectivity index (χ2v) is 6.24. The predicted molar refractivity (Wildman–Crippen MR) is 73.4 cm³/mol. The van der Waals surface area contributed by atoms with Crippen molar-refractivity contribution >= 4 is 12.0 Å². The first-order valence-corrected chi connectivity index (χ1v) is 7.69. The van der Waals surface area contributed by atoms with E-state index in [9.17, 15) is 9.59 Å². The maximum absolute atomic E-state index is 12.1. The third-order valence-electron chi connectivity index (χ3n) is 5.07. The minimum absolute atomic E-state index is 0.193. The summed E-state index contributed by atoms with van der Waals surface area (Å²) in [5.41, 5.74) is 0. The summed E-state index contributed by atoms with van der Waals surface area (Å²) in [6, 6.07) is 0.303. The van der Waals surface area contributed by atoms with Gasteiger partial charge in [0, 0.05) is 24.7 Å². The van der Waals surface area contributed by atoms with E-state index in [0.29, 0.717) is 12.5 Å². The fourth-order valence-electron chi connectivity index (χ4n) is 4.06. The van der Waals surface area contributed by atoms with Gasteiger partial charge in [-0.15, -0.1) is 0 Å². The average molecular weight is 281 g/mol. The van der Waals surface area contributed by atoms with Gasteiger partial charge < -0.3 is 15.7 Å². The van der Waals surface area contributed by atoms with Crippen LogP contribution >= 0.6 is 0 Å². The molecule has 2 aliphatic heterocycles. The molecule has 2 amide bonds. The maximum atomic E-state index is 12.1. The van der Waals surface area contributed by atoms with E-state index in [-0.39, 0.29) is 18.1 Å². The van der Waals surface area contributed by atoms with E-state index in [1.807, 2.05) is 0 Å². The largest absolute Gasteiger partial charge is 0.481 e. The van der Waals surface area contributed by atoms with Crippen molar-refractivity contribution in [3.05, 3.63) is 0 Å². The molecule has 0 aromatic rings. The second kappa shape index (κ2) is 5.60. The van der Waals surface area contributed by atoms with Crippen LogP contribution in [0.15, 0.2) is 0 Å². The van der Waals surface area contributed by atoms with E-state index in [0.717, 1.165) is 38.8 Å². The number of carbonyl (C=O) groups is 2. The Hall–Kier alpha value is -1.30. The Labute approximate surface area is 118 Å². The van der Waals surface area contributed by atoms with E-state index >= 15 is 0 Å². The second-order valence-electron chi connectivity index (χ2n) is 6.24. The van der Waals surface area contributed by atoms with Crippen molar-refractivity contribution in [2.75, 3.05) is 13.1 Å². The molecular weight excluding hydrogens is 258 g/mol. The van der Waals surface area contributed by atoms with Crippen LogP contribution in [0.1, 0.15) is 38.5 Å². The van der Waals surface area contributed by atoms with E-state index in [1.165, 1.54) is 6.42 Å². The van der Waals surface area contributed by atoms with Gasteiger partial charge in [-0.25, -0.2) is 4.79 Å². The SMILES string of the molecule is O=C(NC1CCCC1C(=O)O)NC1CCN2CCCC12. The molecule has 20 heavy (non-hydrogen) atoms. The molecule has 0 aromatic carbocycles. The molecule has 3 N–H and O–H groups in total. The number of rotatable bonds is 3. The van der Waals surface area contributed by atoms with Crippen LogP contribution in [-0.2, 0) is 4.79 Å². The van der Waals surface area contributed by atoms with Gasteiger partial charge in [0.15, 0.2) is 0 Å². The van der Waals surface area contributed by atoms with Gasteiger partial charge in [0.1, 0.15) is 0 Å². The van der Waals surface area contributed by atoms with Gasteiger partial charge in [-0.2, -0.15) is 0 Å². The quantitative estimate of drug-likeness (QED) is 0.714. The zero-order valence-corrected chi connectivity index (χ0v) is 11.7. The molecule has 0 radical (unpaired) electrons. The normalized spacial score (nSPS) is 36.8. The Morgan fingerprint density at radius 2 is 1.75 bits per heavy atom. The minimum Gasteiger partial charge on any atom is -0.481 e. The smallest absolute Gasteiger partial charge is 0.315 e. The number of carboxylic acid groups (broad SMARTS) is 1. The van der Waals surface area contributed by atoms with E-state index in [4.69, 9.17) is 5.11 Å². The fourth-order valence-corrected chi connectivity index (χ4v) is 4.06. The number of urea groups is 1. The Balaban J connectivity index is 1.51. The number of nitrogens with one attached hydrogen (secondary N) is 2. The zero-order chi connectivity index (χ0) is 14.1. The lowest BCUT2D eigenvalue weighted by Crippen LogP contribution is -2.51. The van der Waals surface area contributed by atoms with E-state index in [2.05, 4.69) is 15.5 Å². The predicted octanol–water partition coefficient (Wildman–Crippen LogP) is 0.776. The summed E-state index contributed by atoms with van der Waals surface area (Å²) in [6.07, 6.45) is 5.69. The highest BCUT2D eigenvalue weighted by Gasteiger charge is 2.39. The molecule has 0 bridgehead atoms. The topological polar surface area (TPSA) is 81.7 Å².